The van der Waals surface area contributed by atoms with Crippen molar-refractivity contribution in [1.82, 2.24) is 0 Å². The first-order chi connectivity index (χ1) is 9.40. The van der Waals surface area contributed by atoms with Gasteiger partial charge in [0.05, 0.1) is 12.0 Å². The summed E-state index contributed by atoms with van der Waals surface area (Å²) in [4.78, 5) is 34.3. The summed E-state index contributed by atoms with van der Waals surface area (Å²) in [5.41, 5.74) is 5.08. The number of carbonyl (C=O) groups is 2. The first kappa shape index (κ1) is 15.4. The van der Waals surface area contributed by atoms with Gasteiger partial charge in [-0.15, -0.1) is 0 Å². The van der Waals surface area contributed by atoms with Crippen LogP contribution in [-0.4, -0.2) is 37.0 Å². The minimum absolute atomic E-state index is 0.0366. The van der Waals surface area contributed by atoms with E-state index in [1.807, 2.05) is 0 Å². The number of nitro benzene ring substituents is 1. The minimum Gasteiger partial charge on any atom is -0.468 e. The number of hydrogen-bond acceptors (Lipinski definition) is 6. The largest absolute Gasteiger partial charge is 0.468 e. The SMILES string of the molecule is CCN(CC(=O)OC)c1ccc(C(N)=O)cc1[N+](=O)[O-]. The number of likely N-dealkylation sites (N-methyl/N-ethyl adjacent to an activating group) is 1. The molecule has 0 spiro atoms. The second-order valence-electron chi connectivity index (χ2n) is 3.92. The number of ether oxygens (including phenoxy) is 1. The molecule has 8 nitrogen and oxygen atoms in total. The van der Waals surface area contributed by atoms with E-state index in [1.165, 1.54) is 24.1 Å². The molecule has 0 aliphatic rings. The van der Waals surface area contributed by atoms with E-state index in [4.69, 9.17) is 5.73 Å². The van der Waals surface area contributed by atoms with Gasteiger partial charge in [-0.2, -0.15) is 0 Å². The van der Waals surface area contributed by atoms with Gasteiger partial charge in [-0.1, -0.05) is 0 Å². The number of benzene rings is 1. The molecule has 0 saturated carbocycles. The highest BCUT2D eigenvalue weighted by Gasteiger charge is 2.22. The molecule has 0 radical (unpaired) electrons. The summed E-state index contributed by atoms with van der Waals surface area (Å²) in [6, 6.07) is 3.87. The fourth-order valence-corrected chi connectivity index (χ4v) is 1.68. The lowest BCUT2D eigenvalue weighted by atomic mass is 10.1. The standard InChI is InChI=1S/C12H15N3O5/c1-3-14(7-11(16)20-2)9-5-4-8(12(13)17)6-10(9)15(18)19/h4-6H,3,7H2,1-2H3,(H2,13,17). The molecular formula is C12H15N3O5. The Balaban J connectivity index is 3.24. The van der Waals surface area contributed by atoms with Gasteiger partial charge in [0, 0.05) is 18.2 Å². The van der Waals surface area contributed by atoms with Gasteiger partial charge in [0.1, 0.15) is 12.2 Å². The molecule has 1 aromatic carbocycles. The maximum atomic E-state index is 11.3. The lowest BCUT2D eigenvalue weighted by Crippen LogP contribution is -2.31. The Morgan fingerprint density at radius 2 is 2.10 bits per heavy atom. The molecule has 0 fully saturated rings. The topological polar surface area (TPSA) is 116 Å². The first-order valence-corrected chi connectivity index (χ1v) is 5.80. The molecule has 0 heterocycles. The zero-order valence-corrected chi connectivity index (χ0v) is 11.2. The van der Waals surface area contributed by atoms with Crippen LogP contribution in [-0.2, 0) is 9.53 Å². The molecule has 0 atom stereocenters. The Hall–Kier alpha value is -2.64. The number of hydrogen-bond donors (Lipinski definition) is 1. The van der Waals surface area contributed by atoms with Gasteiger partial charge < -0.3 is 15.4 Å². The monoisotopic (exact) mass is 281 g/mol. The normalized spacial score (nSPS) is 9.90. The molecule has 1 aromatic rings. The average molecular weight is 281 g/mol. The van der Waals surface area contributed by atoms with Crippen LogP contribution in [0.3, 0.4) is 0 Å². The quantitative estimate of drug-likeness (QED) is 0.466. The van der Waals surface area contributed by atoms with E-state index in [9.17, 15) is 19.7 Å². The van der Waals surface area contributed by atoms with Crippen LogP contribution in [0.15, 0.2) is 18.2 Å². The summed E-state index contributed by atoms with van der Waals surface area (Å²) in [5, 5.41) is 11.1. The molecule has 0 bridgehead atoms. The molecule has 0 aliphatic carbocycles. The number of methoxy groups -OCH3 is 1. The lowest BCUT2D eigenvalue weighted by molar-refractivity contribution is -0.384. The van der Waals surface area contributed by atoms with Gasteiger partial charge in [-0.05, 0) is 19.1 Å². The van der Waals surface area contributed by atoms with E-state index < -0.39 is 16.8 Å². The Bertz CT molecular complexity index is 544. The minimum atomic E-state index is -0.754. The molecule has 108 valence electrons. The fourth-order valence-electron chi connectivity index (χ4n) is 1.68. The van der Waals surface area contributed by atoms with Crippen LogP contribution in [0.1, 0.15) is 17.3 Å². The van der Waals surface area contributed by atoms with Gasteiger partial charge in [-0.3, -0.25) is 19.7 Å². The molecule has 1 amide bonds. The number of anilines is 1. The Morgan fingerprint density at radius 3 is 2.55 bits per heavy atom. The second-order valence-corrected chi connectivity index (χ2v) is 3.92. The predicted octanol–water partition coefficient (Wildman–Crippen LogP) is 0.693. The van der Waals surface area contributed by atoms with E-state index in [-0.39, 0.29) is 23.5 Å². The van der Waals surface area contributed by atoms with Crippen molar-refractivity contribution in [3.63, 3.8) is 0 Å². The number of nitrogens with zero attached hydrogens (tertiary/aromatic N) is 2. The van der Waals surface area contributed by atoms with E-state index in [2.05, 4.69) is 4.74 Å². The van der Waals surface area contributed by atoms with Crippen molar-refractivity contribution in [1.29, 1.82) is 0 Å². The molecule has 8 heteroatoms. The summed E-state index contributed by atoms with van der Waals surface area (Å²) in [6.07, 6.45) is 0. The third kappa shape index (κ3) is 3.44. The van der Waals surface area contributed by atoms with E-state index in [0.717, 1.165) is 6.07 Å². The molecule has 2 N–H and O–H groups in total. The summed E-state index contributed by atoms with van der Waals surface area (Å²) in [6.45, 7) is 1.99. The Morgan fingerprint density at radius 1 is 1.45 bits per heavy atom. The molecule has 20 heavy (non-hydrogen) atoms. The van der Waals surface area contributed by atoms with E-state index in [1.54, 1.807) is 6.92 Å². The Labute approximate surface area is 115 Å². The number of nitro groups is 1. The van der Waals surface area contributed by atoms with Crippen molar-refractivity contribution >= 4 is 23.3 Å². The summed E-state index contributed by atoms with van der Waals surface area (Å²) >= 11 is 0. The number of rotatable bonds is 6. The molecular weight excluding hydrogens is 266 g/mol. The zero-order valence-electron chi connectivity index (χ0n) is 11.2. The third-order valence-corrected chi connectivity index (χ3v) is 2.73. The third-order valence-electron chi connectivity index (χ3n) is 2.73. The lowest BCUT2D eigenvalue weighted by Gasteiger charge is -2.21. The molecule has 1 rings (SSSR count). The molecule has 0 saturated heterocycles. The van der Waals surface area contributed by atoms with Crippen LogP contribution in [0.25, 0.3) is 0 Å². The Kier molecular flexibility index (Phi) is 5.01. The van der Waals surface area contributed by atoms with Gasteiger partial charge in [-0.25, -0.2) is 0 Å². The van der Waals surface area contributed by atoms with Crippen LogP contribution < -0.4 is 10.6 Å². The van der Waals surface area contributed by atoms with Crippen LogP contribution >= 0.6 is 0 Å². The average Bonchev–Trinajstić information content (AvgIpc) is 2.43. The highest BCUT2D eigenvalue weighted by atomic mass is 16.6. The number of esters is 1. The highest BCUT2D eigenvalue weighted by Crippen LogP contribution is 2.29. The summed E-state index contributed by atoms with van der Waals surface area (Å²) < 4.78 is 4.54. The number of primary amides is 1. The maximum absolute atomic E-state index is 11.3. The highest BCUT2D eigenvalue weighted by molar-refractivity contribution is 5.94. The van der Waals surface area contributed by atoms with Crippen molar-refractivity contribution in [2.24, 2.45) is 5.73 Å². The van der Waals surface area contributed by atoms with Gasteiger partial charge >= 0.3 is 5.97 Å². The summed E-state index contributed by atoms with van der Waals surface area (Å²) in [7, 11) is 1.24. The van der Waals surface area contributed by atoms with Crippen LogP contribution in [0.4, 0.5) is 11.4 Å². The van der Waals surface area contributed by atoms with Crippen molar-refractivity contribution < 1.29 is 19.2 Å². The number of carbonyl (C=O) groups excluding carboxylic acids is 2. The molecule has 0 aromatic heterocycles. The maximum Gasteiger partial charge on any atom is 0.325 e. The fraction of sp³-hybridized carbons (Fsp3) is 0.333. The van der Waals surface area contributed by atoms with Crippen molar-refractivity contribution in [2.75, 3.05) is 25.1 Å². The predicted molar refractivity (Wildman–Crippen MR) is 71.5 cm³/mol. The summed E-state index contributed by atoms with van der Waals surface area (Å²) in [5.74, 6) is -1.27. The van der Waals surface area contributed by atoms with Crippen LogP contribution in [0.5, 0.6) is 0 Å². The van der Waals surface area contributed by atoms with E-state index >= 15 is 0 Å². The van der Waals surface area contributed by atoms with Gasteiger partial charge in [0.2, 0.25) is 5.91 Å². The number of nitrogens with two attached hydrogens (primary N) is 1. The van der Waals surface area contributed by atoms with Gasteiger partial charge in [0.25, 0.3) is 5.69 Å². The zero-order chi connectivity index (χ0) is 15.3. The number of amides is 1. The van der Waals surface area contributed by atoms with Crippen LogP contribution in [0.2, 0.25) is 0 Å². The first-order valence-electron chi connectivity index (χ1n) is 5.80. The van der Waals surface area contributed by atoms with Gasteiger partial charge in [0.15, 0.2) is 0 Å². The molecule has 0 unspecified atom stereocenters. The van der Waals surface area contributed by atoms with E-state index in [0.29, 0.717) is 6.54 Å². The smallest absolute Gasteiger partial charge is 0.325 e. The van der Waals surface area contributed by atoms with Crippen molar-refractivity contribution in [3.05, 3.63) is 33.9 Å². The molecule has 0 aliphatic heterocycles. The second kappa shape index (κ2) is 6.50. The van der Waals surface area contributed by atoms with Crippen molar-refractivity contribution in [3.8, 4) is 0 Å². The van der Waals surface area contributed by atoms with Crippen LogP contribution in [0, 0.1) is 10.1 Å². The van der Waals surface area contributed by atoms with Crippen molar-refractivity contribution in [2.45, 2.75) is 6.92 Å².